The molecule has 1 N–H and O–H groups in total. The lowest BCUT2D eigenvalue weighted by Crippen LogP contribution is -2.33. The number of likely N-dealkylation sites (N-methyl/N-ethyl adjacent to an activating group) is 1. The predicted molar refractivity (Wildman–Crippen MR) is 272 cm³/mol. The van der Waals surface area contributed by atoms with E-state index in [4.69, 9.17) is 0 Å². The SMILES string of the molecule is CNC1C=CC(c2cc(-c3ccccc3)cc(-c3cc(-c4ccccc4)cc(-c4ccc(-n5c6ccccc6c6ccccc65)cc4)c3)c2)=CC1c1ccccc1C1(C)C=CC=CC1. The standard InChI is InChI=1S/C62H50N2/c1-62(34-16-5-17-35-62)58-25-13-10-22-54(58)57-42-46(30-33-59(57)63-2)50-37-48(44-20-8-4-9-21-44)39-52(41-50)51-38-47(43-18-6-3-7-19-43)36-49(40-51)45-28-31-53(32-29-45)64-60-26-14-11-23-55(60)56-24-12-15-27-61(56)64/h3-34,36-42,57,59,63H,35H2,1-2H3. The molecule has 0 saturated carbocycles. The molecule has 0 radical (unpaired) electrons. The summed E-state index contributed by atoms with van der Waals surface area (Å²) >= 11 is 0. The Morgan fingerprint density at radius 2 is 1.00 bits per heavy atom. The van der Waals surface area contributed by atoms with E-state index in [1.165, 1.54) is 88.6 Å². The molecule has 3 atom stereocenters. The van der Waals surface area contributed by atoms with Crippen LogP contribution in [-0.4, -0.2) is 17.7 Å². The fourth-order valence-corrected chi connectivity index (χ4v) is 10.2. The van der Waals surface area contributed by atoms with Crippen molar-refractivity contribution in [2.75, 3.05) is 7.05 Å². The highest BCUT2D eigenvalue weighted by Crippen LogP contribution is 2.43. The third kappa shape index (κ3) is 7.26. The van der Waals surface area contributed by atoms with E-state index in [-0.39, 0.29) is 17.4 Å². The number of aromatic nitrogens is 1. The van der Waals surface area contributed by atoms with Gasteiger partial charge in [-0.2, -0.15) is 0 Å². The van der Waals surface area contributed by atoms with E-state index in [0.717, 1.165) is 12.1 Å². The van der Waals surface area contributed by atoms with E-state index in [1.807, 2.05) is 0 Å². The van der Waals surface area contributed by atoms with Gasteiger partial charge in [0.1, 0.15) is 0 Å². The van der Waals surface area contributed by atoms with Crippen LogP contribution in [0.3, 0.4) is 0 Å². The third-order valence-corrected chi connectivity index (χ3v) is 13.5. The Morgan fingerprint density at radius 1 is 0.500 bits per heavy atom. The highest BCUT2D eigenvalue weighted by atomic mass is 15.0. The van der Waals surface area contributed by atoms with Crippen molar-refractivity contribution >= 4 is 27.4 Å². The minimum Gasteiger partial charge on any atom is -0.313 e. The maximum Gasteiger partial charge on any atom is 0.0541 e. The molecular formula is C62H50N2. The zero-order valence-corrected chi connectivity index (χ0v) is 36.3. The molecular weight excluding hydrogens is 773 g/mol. The molecule has 308 valence electrons. The van der Waals surface area contributed by atoms with Crippen molar-refractivity contribution in [3.63, 3.8) is 0 Å². The minimum absolute atomic E-state index is 0.0635. The van der Waals surface area contributed by atoms with Crippen molar-refractivity contribution in [2.45, 2.75) is 30.7 Å². The van der Waals surface area contributed by atoms with Gasteiger partial charge in [-0.05, 0) is 141 Å². The molecule has 2 nitrogen and oxygen atoms in total. The van der Waals surface area contributed by atoms with Crippen molar-refractivity contribution in [1.29, 1.82) is 0 Å². The molecule has 2 aliphatic rings. The average molecular weight is 823 g/mol. The molecule has 0 saturated heterocycles. The number of fused-ring (bicyclic) bond motifs is 3. The molecule has 9 aromatic rings. The minimum atomic E-state index is -0.0635. The summed E-state index contributed by atoms with van der Waals surface area (Å²) in [5.41, 5.74) is 18.2. The molecule has 0 spiro atoms. The van der Waals surface area contributed by atoms with Crippen LogP contribution < -0.4 is 5.32 Å². The number of benzene rings is 8. The Bertz CT molecular complexity index is 3240. The van der Waals surface area contributed by atoms with Gasteiger partial charge >= 0.3 is 0 Å². The maximum absolute atomic E-state index is 3.65. The second-order valence-corrected chi connectivity index (χ2v) is 17.6. The first-order valence-electron chi connectivity index (χ1n) is 22.5. The lowest BCUT2D eigenvalue weighted by atomic mass is 9.71. The first-order chi connectivity index (χ1) is 31.5. The molecule has 11 rings (SSSR count). The average Bonchev–Trinajstić information content (AvgIpc) is 3.71. The van der Waals surface area contributed by atoms with Crippen molar-refractivity contribution in [3.8, 4) is 50.2 Å². The first-order valence-corrected chi connectivity index (χ1v) is 22.5. The van der Waals surface area contributed by atoms with Crippen LogP contribution in [0.4, 0.5) is 0 Å². The largest absolute Gasteiger partial charge is 0.313 e. The fourth-order valence-electron chi connectivity index (χ4n) is 10.2. The summed E-state index contributed by atoms with van der Waals surface area (Å²) in [4.78, 5) is 0. The number of nitrogens with one attached hydrogen (secondary N) is 1. The number of para-hydroxylation sites is 2. The number of allylic oxidation sites excluding steroid dienone is 6. The normalized spacial score (nSPS) is 18.1. The molecule has 64 heavy (non-hydrogen) atoms. The highest BCUT2D eigenvalue weighted by molar-refractivity contribution is 6.09. The van der Waals surface area contributed by atoms with Crippen molar-refractivity contribution in [2.24, 2.45) is 0 Å². The Balaban J connectivity index is 1.04. The zero-order chi connectivity index (χ0) is 43.0. The molecule has 1 aromatic heterocycles. The topological polar surface area (TPSA) is 17.0 Å². The van der Waals surface area contributed by atoms with E-state index in [0.29, 0.717) is 0 Å². The Kier molecular flexibility index (Phi) is 10.2. The van der Waals surface area contributed by atoms with Crippen LogP contribution in [0.1, 0.15) is 36.0 Å². The first kappa shape index (κ1) is 39.3. The van der Waals surface area contributed by atoms with Gasteiger partial charge in [0, 0.05) is 33.8 Å². The third-order valence-electron chi connectivity index (χ3n) is 13.5. The zero-order valence-electron chi connectivity index (χ0n) is 36.3. The van der Waals surface area contributed by atoms with Crippen molar-refractivity contribution in [1.82, 2.24) is 9.88 Å². The summed E-state index contributed by atoms with van der Waals surface area (Å²) in [5.74, 6) is 0.152. The Hall–Kier alpha value is -7.52. The van der Waals surface area contributed by atoms with Crippen LogP contribution >= 0.6 is 0 Å². The van der Waals surface area contributed by atoms with Gasteiger partial charge < -0.3 is 9.88 Å². The lowest BCUT2D eigenvalue weighted by Gasteiger charge is -2.34. The van der Waals surface area contributed by atoms with Crippen LogP contribution in [0.5, 0.6) is 0 Å². The molecule has 1 heterocycles. The van der Waals surface area contributed by atoms with E-state index >= 15 is 0 Å². The molecule has 0 fully saturated rings. The number of hydrogen-bond donors (Lipinski definition) is 1. The number of hydrogen-bond acceptors (Lipinski definition) is 1. The fraction of sp³-hybridized carbons (Fsp3) is 0.0968. The second-order valence-electron chi connectivity index (χ2n) is 17.6. The molecule has 2 heteroatoms. The van der Waals surface area contributed by atoms with E-state index in [1.54, 1.807) is 0 Å². The van der Waals surface area contributed by atoms with Gasteiger partial charge in [-0.3, -0.25) is 0 Å². The van der Waals surface area contributed by atoms with Crippen LogP contribution in [0.25, 0.3) is 77.6 Å². The number of rotatable bonds is 9. The molecule has 2 aliphatic carbocycles. The van der Waals surface area contributed by atoms with Gasteiger partial charge in [-0.1, -0.05) is 183 Å². The van der Waals surface area contributed by atoms with E-state index in [9.17, 15) is 0 Å². The highest BCUT2D eigenvalue weighted by Gasteiger charge is 2.31. The van der Waals surface area contributed by atoms with Crippen molar-refractivity contribution in [3.05, 3.63) is 253 Å². The lowest BCUT2D eigenvalue weighted by molar-refractivity contribution is 0.560. The molecule has 0 aliphatic heterocycles. The van der Waals surface area contributed by atoms with Gasteiger partial charge in [0.15, 0.2) is 0 Å². The van der Waals surface area contributed by atoms with Gasteiger partial charge in [0.2, 0.25) is 0 Å². The van der Waals surface area contributed by atoms with Crippen LogP contribution in [-0.2, 0) is 5.41 Å². The summed E-state index contributed by atoms with van der Waals surface area (Å²) in [7, 11) is 2.08. The second kappa shape index (κ2) is 16.6. The van der Waals surface area contributed by atoms with Crippen LogP contribution in [0.2, 0.25) is 0 Å². The van der Waals surface area contributed by atoms with Gasteiger partial charge in [-0.25, -0.2) is 0 Å². The molecule has 3 unspecified atom stereocenters. The smallest absolute Gasteiger partial charge is 0.0541 e. The Morgan fingerprint density at radius 3 is 1.56 bits per heavy atom. The summed E-state index contributed by atoms with van der Waals surface area (Å²) in [6.07, 6.45) is 17.2. The predicted octanol–water partition coefficient (Wildman–Crippen LogP) is 15.6. The van der Waals surface area contributed by atoms with Crippen molar-refractivity contribution < 1.29 is 0 Å². The van der Waals surface area contributed by atoms with Gasteiger partial charge in [0.05, 0.1) is 11.0 Å². The summed E-state index contributed by atoms with van der Waals surface area (Å²) in [6, 6.07) is 71.6. The van der Waals surface area contributed by atoms with Crippen LogP contribution in [0.15, 0.2) is 237 Å². The quantitative estimate of drug-likeness (QED) is 0.153. The summed E-state index contributed by atoms with van der Waals surface area (Å²) in [6.45, 7) is 2.37. The van der Waals surface area contributed by atoms with Crippen LogP contribution in [0, 0.1) is 0 Å². The molecule has 8 aromatic carbocycles. The summed E-state index contributed by atoms with van der Waals surface area (Å²) in [5, 5.41) is 6.18. The molecule has 0 bridgehead atoms. The van der Waals surface area contributed by atoms with E-state index in [2.05, 4.69) is 261 Å². The van der Waals surface area contributed by atoms with Gasteiger partial charge in [0.25, 0.3) is 0 Å². The van der Waals surface area contributed by atoms with Gasteiger partial charge in [-0.15, -0.1) is 0 Å². The summed E-state index contributed by atoms with van der Waals surface area (Å²) < 4.78 is 2.39. The molecule has 0 amide bonds. The number of nitrogens with zero attached hydrogens (tertiary/aromatic N) is 1. The maximum atomic E-state index is 3.65. The Labute approximate surface area is 376 Å². The van der Waals surface area contributed by atoms with E-state index < -0.39 is 0 Å². The monoisotopic (exact) mass is 822 g/mol.